The van der Waals surface area contributed by atoms with Gasteiger partial charge < -0.3 is 15.2 Å². The topological polar surface area (TPSA) is 88.5 Å². The zero-order chi connectivity index (χ0) is 28.9. The number of aromatic carboxylic acids is 1. The Hall–Kier alpha value is -3.32. The molecule has 3 aromatic rings. The zero-order valence-electron chi connectivity index (χ0n) is 24.3. The Kier molecular flexibility index (Phi) is 9.83. The molecule has 208 valence electrons. The Morgan fingerprint density at radius 1 is 1.03 bits per heavy atom. The van der Waals surface area contributed by atoms with E-state index >= 15 is 0 Å². The molecule has 0 aliphatic heterocycles. The van der Waals surface area contributed by atoms with Gasteiger partial charge in [0.15, 0.2) is 0 Å². The van der Waals surface area contributed by atoms with E-state index in [4.69, 9.17) is 9.72 Å². The molecule has 1 amide bonds. The Bertz CT molecular complexity index is 1340. The molecule has 1 aromatic heterocycles. The van der Waals surface area contributed by atoms with Crippen molar-refractivity contribution in [3.8, 4) is 11.1 Å². The third kappa shape index (κ3) is 8.33. The summed E-state index contributed by atoms with van der Waals surface area (Å²) in [5, 5.41) is 12.4. The lowest BCUT2D eigenvalue weighted by Crippen LogP contribution is -2.32. The predicted octanol–water partition coefficient (Wildman–Crippen LogP) is 7.89. The van der Waals surface area contributed by atoms with Crippen LogP contribution in [-0.2, 0) is 23.5 Å². The largest absolute Gasteiger partial charge is 0.478 e. The first-order valence-electron chi connectivity index (χ1n) is 13.3. The van der Waals surface area contributed by atoms with Crippen LogP contribution in [0.5, 0.6) is 0 Å². The number of nitrogens with zero attached hydrogens (tertiary/aromatic N) is 1. The Morgan fingerprint density at radius 3 is 2.26 bits per heavy atom. The quantitative estimate of drug-likeness (QED) is 0.264. The van der Waals surface area contributed by atoms with Gasteiger partial charge in [-0.15, -0.1) is 11.8 Å². The predicted molar refractivity (Wildman–Crippen MR) is 158 cm³/mol. The van der Waals surface area contributed by atoms with Crippen molar-refractivity contribution >= 4 is 23.8 Å². The number of alkyl carbamates (subject to hydrolysis) is 1. The number of thioether (sulfide) groups is 1. The van der Waals surface area contributed by atoms with Crippen LogP contribution in [0.15, 0.2) is 47.4 Å². The van der Waals surface area contributed by atoms with Crippen LogP contribution >= 0.6 is 11.8 Å². The van der Waals surface area contributed by atoms with Gasteiger partial charge >= 0.3 is 12.1 Å². The van der Waals surface area contributed by atoms with E-state index in [0.29, 0.717) is 23.8 Å². The van der Waals surface area contributed by atoms with Crippen LogP contribution in [0.25, 0.3) is 11.1 Å². The molecule has 0 saturated carbocycles. The summed E-state index contributed by atoms with van der Waals surface area (Å²) in [5.74, 6) is 0.113. The van der Waals surface area contributed by atoms with Crippen molar-refractivity contribution in [1.82, 2.24) is 10.3 Å². The number of aryl methyl sites for hydroxylation is 3. The minimum Gasteiger partial charge on any atom is -0.478 e. The van der Waals surface area contributed by atoms with E-state index in [9.17, 15) is 14.7 Å². The van der Waals surface area contributed by atoms with Crippen molar-refractivity contribution in [2.45, 2.75) is 84.6 Å². The molecular formula is C32H40N2O4S. The zero-order valence-corrected chi connectivity index (χ0v) is 25.1. The number of hydrogen-bond acceptors (Lipinski definition) is 5. The van der Waals surface area contributed by atoms with Gasteiger partial charge in [-0.25, -0.2) is 9.59 Å². The molecule has 0 bridgehead atoms. The fourth-order valence-corrected chi connectivity index (χ4v) is 5.52. The maximum absolute atomic E-state index is 12.6. The molecule has 0 saturated heterocycles. The average molecular weight is 549 g/mol. The molecule has 0 aliphatic rings. The molecule has 2 aromatic carbocycles. The molecule has 6 nitrogen and oxygen atoms in total. The molecule has 0 atom stereocenters. The van der Waals surface area contributed by atoms with E-state index in [1.165, 1.54) is 5.56 Å². The van der Waals surface area contributed by atoms with Crippen molar-refractivity contribution in [3.05, 3.63) is 81.7 Å². The van der Waals surface area contributed by atoms with Gasteiger partial charge in [0.2, 0.25) is 0 Å². The smallest absolute Gasteiger partial charge is 0.407 e. The molecule has 3 rings (SSSR count). The Labute approximate surface area is 236 Å². The highest BCUT2D eigenvalue weighted by Gasteiger charge is 2.22. The van der Waals surface area contributed by atoms with E-state index in [-0.39, 0.29) is 0 Å². The second-order valence-corrected chi connectivity index (χ2v) is 12.4. The van der Waals surface area contributed by atoms with E-state index < -0.39 is 17.7 Å². The third-order valence-corrected chi connectivity index (χ3v) is 7.27. The maximum Gasteiger partial charge on any atom is 0.407 e. The first-order valence-corrected chi connectivity index (χ1v) is 14.3. The number of carboxylic acids is 1. The summed E-state index contributed by atoms with van der Waals surface area (Å²) in [4.78, 5) is 30.1. The van der Waals surface area contributed by atoms with Gasteiger partial charge in [-0.2, -0.15) is 0 Å². The lowest BCUT2D eigenvalue weighted by atomic mass is 9.90. The van der Waals surface area contributed by atoms with E-state index in [1.807, 2.05) is 46.8 Å². The number of carbonyl (C=O) groups is 2. The summed E-state index contributed by atoms with van der Waals surface area (Å²) in [7, 11) is 0. The van der Waals surface area contributed by atoms with Crippen LogP contribution in [0.1, 0.15) is 78.6 Å². The van der Waals surface area contributed by atoms with Crippen molar-refractivity contribution in [3.63, 3.8) is 0 Å². The number of ether oxygens (including phenoxy) is 1. The van der Waals surface area contributed by atoms with Crippen LogP contribution in [0.3, 0.4) is 0 Å². The molecule has 0 spiro atoms. The van der Waals surface area contributed by atoms with Crippen LogP contribution in [-0.4, -0.2) is 27.8 Å². The highest BCUT2D eigenvalue weighted by molar-refractivity contribution is 7.98. The second-order valence-electron chi connectivity index (χ2n) is 11.4. The van der Waals surface area contributed by atoms with Gasteiger partial charge in [0.1, 0.15) is 5.60 Å². The molecule has 0 aliphatic carbocycles. The monoisotopic (exact) mass is 548 g/mol. The van der Waals surface area contributed by atoms with Gasteiger partial charge in [0.25, 0.3) is 0 Å². The molecule has 0 fully saturated rings. The van der Waals surface area contributed by atoms with Crippen molar-refractivity contribution in [2.75, 3.05) is 0 Å². The van der Waals surface area contributed by atoms with E-state index in [1.54, 1.807) is 17.8 Å². The molecular weight excluding hydrogens is 508 g/mol. The van der Waals surface area contributed by atoms with Gasteiger partial charge in [-0.05, 0) is 94.3 Å². The first-order chi connectivity index (χ1) is 18.2. The molecule has 0 radical (unpaired) electrons. The van der Waals surface area contributed by atoms with Crippen molar-refractivity contribution in [2.24, 2.45) is 5.92 Å². The van der Waals surface area contributed by atoms with Gasteiger partial charge in [-0.1, -0.05) is 43.7 Å². The lowest BCUT2D eigenvalue weighted by Gasteiger charge is -2.23. The number of carboxylic acid groups (broad SMARTS) is 1. The van der Waals surface area contributed by atoms with E-state index in [0.717, 1.165) is 50.5 Å². The third-order valence-electron chi connectivity index (χ3n) is 6.25. The number of aromatic nitrogens is 1. The summed E-state index contributed by atoms with van der Waals surface area (Å²) in [5.41, 5.74) is 7.80. The van der Waals surface area contributed by atoms with Gasteiger partial charge in [-0.3, -0.25) is 4.98 Å². The second kappa shape index (κ2) is 12.7. The number of nitrogens with one attached hydrogen (secondary N) is 1. The highest BCUT2D eigenvalue weighted by Crippen LogP contribution is 2.37. The molecule has 2 N–H and O–H groups in total. The van der Waals surface area contributed by atoms with E-state index in [2.05, 4.69) is 50.4 Å². The molecule has 0 unspecified atom stereocenters. The number of rotatable bonds is 9. The Morgan fingerprint density at radius 2 is 1.69 bits per heavy atom. The molecule has 39 heavy (non-hydrogen) atoms. The first kappa shape index (κ1) is 30.2. The Balaban J connectivity index is 2.10. The SMILES string of the molecule is Cc1ccc(-c2c(CSc3ccc(C(=O)O)c(C)c3)c(C)nc(CC(C)C)c2CNC(=O)OC(C)(C)C)cc1. The average Bonchev–Trinajstić information content (AvgIpc) is 2.81. The highest BCUT2D eigenvalue weighted by atomic mass is 32.2. The van der Waals surface area contributed by atoms with Crippen molar-refractivity contribution in [1.29, 1.82) is 0 Å². The standard InChI is InChI=1S/C32H40N2O4S/c1-19(2)15-28-26(17-33-31(37)38-32(6,7)8)29(23-11-9-20(3)10-12-23)27(22(5)34-28)18-39-24-13-14-25(30(35)36)21(4)16-24/h9-14,16,19H,15,17-18H2,1-8H3,(H,33,37)(H,35,36). The number of carbonyl (C=O) groups excluding carboxylic acids is 1. The van der Waals surface area contributed by atoms with Gasteiger partial charge in [0, 0.05) is 34.1 Å². The summed E-state index contributed by atoms with van der Waals surface area (Å²) < 4.78 is 5.52. The summed E-state index contributed by atoms with van der Waals surface area (Å²) in [6, 6.07) is 13.9. The summed E-state index contributed by atoms with van der Waals surface area (Å²) in [6.07, 6.45) is 0.326. The fourth-order valence-electron chi connectivity index (χ4n) is 4.43. The number of amides is 1. The van der Waals surface area contributed by atoms with Gasteiger partial charge in [0.05, 0.1) is 5.56 Å². The minimum absolute atomic E-state index is 0.303. The maximum atomic E-state index is 12.6. The fraction of sp³-hybridized carbons (Fsp3) is 0.406. The van der Waals surface area contributed by atoms with Crippen molar-refractivity contribution < 1.29 is 19.4 Å². The summed E-state index contributed by atoms with van der Waals surface area (Å²) >= 11 is 1.65. The normalized spacial score (nSPS) is 11.5. The number of pyridine rings is 1. The number of hydrogen-bond donors (Lipinski definition) is 2. The lowest BCUT2D eigenvalue weighted by molar-refractivity contribution is 0.0523. The van der Waals surface area contributed by atoms with Crippen LogP contribution < -0.4 is 5.32 Å². The van der Waals surface area contributed by atoms with Crippen LogP contribution in [0.2, 0.25) is 0 Å². The van der Waals surface area contributed by atoms with Crippen LogP contribution in [0.4, 0.5) is 4.79 Å². The van der Waals surface area contributed by atoms with Crippen LogP contribution in [0, 0.1) is 26.7 Å². The molecule has 1 heterocycles. The molecule has 7 heteroatoms. The summed E-state index contributed by atoms with van der Waals surface area (Å²) in [6.45, 7) is 16.1. The minimum atomic E-state index is -0.923. The number of benzene rings is 2.